The van der Waals surface area contributed by atoms with Crippen molar-refractivity contribution < 1.29 is 13.9 Å². The molecule has 0 fully saturated rings. The molecule has 136 valence electrons. The van der Waals surface area contributed by atoms with Crippen LogP contribution in [0.4, 0.5) is 4.39 Å². The number of methoxy groups -OCH3 is 1. The van der Waals surface area contributed by atoms with Crippen molar-refractivity contribution in [1.82, 2.24) is 15.1 Å². The van der Waals surface area contributed by atoms with E-state index in [0.29, 0.717) is 19.0 Å². The zero-order chi connectivity index (χ0) is 17.4. The second kappa shape index (κ2) is 11.1. The number of hydrogen-bond donors (Lipinski definition) is 1. The van der Waals surface area contributed by atoms with Gasteiger partial charge in [-0.2, -0.15) is 0 Å². The van der Waals surface area contributed by atoms with Gasteiger partial charge in [-0.1, -0.05) is 6.07 Å². The molecular weight excluding hydrogens is 426 g/mol. The van der Waals surface area contributed by atoms with Gasteiger partial charge in [-0.25, -0.2) is 9.38 Å². The van der Waals surface area contributed by atoms with Crippen molar-refractivity contribution in [2.75, 3.05) is 41.3 Å². The Morgan fingerprint density at radius 2 is 2.00 bits per heavy atom. The molecular formula is C16H26FIN4O2. The molecule has 0 saturated heterocycles. The fraction of sp³-hybridized carbons (Fsp3) is 0.500. The number of likely N-dealkylation sites (N-methyl/N-ethyl adjacent to an activating group) is 1. The van der Waals surface area contributed by atoms with Crippen molar-refractivity contribution in [1.29, 1.82) is 0 Å². The number of amides is 1. The van der Waals surface area contributed by atoms with Gasteiger partial charge in [-0.15, -0.1) is 24.0 Å². The highest BCUT2D eigenvalue weighted by atomic mass is 127. The topological polar surface area (TPSA) is 57.2 Å². The lowest BCUT2D eigenvalue weighted by Crippen LogP contribution is -2.39. The molecule has 1 amide bonds. The number of nitrogens with zero attached hydrogens (tertiary/aromatic N) is 3. The van der Waals surface area contributed by atoms with Crippen LogP contribution in [0.2, 0.25) is 0 Å². The average molecular weight is 452 g/mol. The number of aliphatic imine (C=N–C) groups is 1. The molecule has 0 aliphatic carbocycles. The summed E-state index contributed by atoms with van der Waals surface area (Å²) < 4.78 is 18.7. The predicted molar refractivity (Wildman–Crippen MR) is 105 cm³/mol. The smallest absolute Gasteiger partial charge is 0.243 e. The van der Waals surface area contributed by atoms with E-state index in [4.69, 9.17) is 4.74 Å². The number of nitrogens with one attached hydrogen (secondary N) is 1. The summed E-state index contributed by atoms with van der Waals surface area (Å²) in [5, 5.41) is 3.12. The molecule has 0 unspecified atom stereocenters. The van der Waals surface area contributed by atoms with Gasteiger partial charge in [0.25, 0.3) is 0 Å². The van der Waals surface area contributed by atoms with E-state index in [0.717, 1.165) is 5.56 Å². The van der Waals surface area contributed by atoms with Gasteiger partial charge >= 0.3 is 0 Å². The maximum atomic E-state index is 13.8. The summed E-state index contributed by atoms with van der Waals surface area (Å²) in [5.41, 5.74) is 0.787. The zero-order valence-electron chi connectivity index (χ0n) is 14.8. The van der Waals surface area contributed by atoms with E-state index in [1.165, 1.54) is 18.1 Å². The summed E-state index contributed by atoms with van der Waals surface area (Å²) >= 11 is 0. The fourth-order valence-electron chi connectivity index (χ4n) is 1.91. The number of carbonyl (C=O) groups excluding carboxylic acids is 1. The SMILES string of the molecule is CCNC(=NCC(=O)N(C)C)N(C)Cc1ccc(OC)c(F)c1.I. The van der Waals surface area contributed by atoms with Crippen LogP contribution in [0.15, 0.2) is 23.2 Å². The molecule has 0 atom stereocenters. The largest absolute Gasteiger partial charge is 0.494 e. The molecule has 0 saturated carbocycles. The molecule has 0 bridgehead atoms. The summed E-state index contributed by atoms with van der Waals surface area (Å²) in [4.78, 5) is 19.3. The number of halogens is 2. The Bertz CT molecular complexity index is 567. The Labute approximate surface area is 160 Å². The van der Waals surface area contributed by atoms with Crippen LogP contribution in [0.3, 0.4) is 0 Å². The van der Waals surface area contributed by atoms with E-state index in [2.05, 4.69) is 10.3 Å². The fourth-order valence-corrected chi connectivity index (χ4v) is 1.91. The van der Waals surface area contributed by atoms with E-state index in [1.807, 2.05) is 18.9 Å². The highest BCUT2D eigenvalue weighted by Gasteiger charge is 2.10. The molecule has 24 heavy (non-hydrogen) atoms. The molecule has 1 rings (SSSR count). The van der Waals surface area contributed by atoms with E-state index >= 15 is 0 Å². The Balaban J connectivity index is 0.00000529. The first-order chi connectivity index (χ1) is 10.9. The van der Waals surface area contributed by atoms with Crippen molar-refractivity contribution in [3.63, 3.8) is 0 Å². The van der Waals surface area contributed by atoms with Crippen LogP contribution in [0.1, 0.15) is 12.5 Å². The van der Waals surface area contributed by atoms with Crippen LogP contribution < -0.4 is 10.1 Å². The van der Waals surface area contributed by atoms with Crippen molar-refractivity contribution >= 4 is 35.8 Å². The highest BCUT2D eigenvalue weighted by Crippen LogP contribution is 2.18. The molecule has 6 nitrogen and oxygen atoms in total. The molecule has 0 aliphatic heterocycles. The summed E-state index contributed by atoms with van der Waals surface area (Å²) in [6.45, 7) is 3.15. The third kappa shape index (κ3) is 6.90. The minimum atomic E-state index is -0.400. The summed E-state index contributed by atoms with van der Waals surface area (Å²) in [6, 6.07) is 4.83. The first-order valence-electron chi connectivity index (χ1n) is 7.41. The first-order valence-corrected chi connectivity index (χ1v) is 7.41. The molecule has 0 radical (unpaired) electrons. The molecule has 1 aromatic rings. The van der Waals surface area contributed by atoms with Gasteiger partial charge < -0.3 is 19.9 Å². The van der Waals surface area contributed by atoms with Gasteiger partial charge in [0.2, 0.25) is 5.91 Å². The van der Waals surface area contributed by atoms with Gasteiger partial charge in [0.05, 0.1) is 7.11 Å². The molecule has 1 N–H and O–H groups in total. The number of carbonyl (C=O) groups is 1. The van der Waals surface area contributed by atoms with Crippen LogP contribution in [0.25, 0.3) is 0 Å². The quantitative estimate of drug-likeness (QED) is 0.407. The van der Waals surface area contributed by atoms with Crippen molar-refractivity contribution in [2.24, 2.45) is 4.99 Å². The van der Waals surface area contributed by atoms with Crippen molar-refractivity contribution in [3.05, 3.63) is 29.6 Å². The minimum Gasteiger partial charge on any atom is -0.494 e. The molecule has 0 spiro atoms. The molecule has 8 heteroatoms. The van der Waals surface area contributed by atoms with Crippen LogP contribution in [-0.4, -0.2) is 63.0 Å². The Hall–Kier alpha value is -1.58. The maximum absolute atomic E-state index is 13.8. The summed E-state index contributed by atoms with van der Waals surface area (Å²) in [7, 11) is 6.65. The number of ether oxygens (including phenoxy) is 1. The Morgan fingerprint density at radius 1 is 1.33 bits per heavy atom. The number of benzene rings is 1. The van der Waals surface area contributed by atoms with Gasteiger partial charge in [-0.3, -0.25) is 4.79 Å². The van der Waals surface area contributed by atoms with Crippen LogP contribution in [-0.2, 0) is 11.3 Å². The van der Waals surface area contributed by atoms with E-state index in [1.54, 1.807) is 26.2 Å². The van der Waals surface area contributed by atoms with Gasteiger partial charge in [-0.05, 0) is 24.6 Å². The zero-order valence-corrected chi connectivity index (χ0v) is 17.1. The summed E-state index contributed by atoms with van der Waals surface area (Å²) in [5.74, 6) is 0.333. The Kier molecular flexibility index (Phi) is 10.3. The number of rotatable bonds is 6. The lowest BCUT2D eigenvalue weighted by molar-refractivity contribution is -0.127. The first kappa shape index (κ1) is 22.4. The van der Waals surface area contributed by atoms with Gasteiger partial charge in [0.1, 0.15) is 6.54 Å². The van der Waals surface area contributed by atoms with Crippen LogP contribution in [0.5, 0.6) is 5.75 Å². The van der Waals surface area contributed by atoms with Gasteiger partial charge in [0, 0.05) is 34.2 Å². The minimum absolute atomic E-state index is 0. The van der Waals surface area contributed by atoms with Gasteiger partial charge in [0.15, 0.2) is 17.5 Å². The monoisotopic (exact) mass is 452 g/mol. The average Bonchev–Trinajstić information content (AvgIpc) is 2.51. The third-order valence-electron chi connectivity index (χ3n) is 3.20. The van der Waals surface area contributed by atoms with E-state index < -0.39 is 5.82 Å². The molecule has 0 heterocycles. The second-order valence-electron chi connectivity index (χ2n) is 5.28. The van der Waals surface area contributed by atoms with Crippen LogP contribution >= 0.6 is 24.0 Å². The second-order valence-corrected chi connectivity index (χ2v) is 5.28. The van der Waals surface area contributed by atoms with E-state index in [9.17, 15) is 9.18 Å². The molecule has 1 aromatic carbocycles. The molecule has 0 aliphatic rings. The maximum Gasteiger partial charge on any atom is 0.243 e. The highest BCUT2D eigenvalue weighted by molar-refractivity contribution is 14.0. The lowest BCUT2D eigenvalue weighted by atomic mass is 10.2. The van der Waals surface area contributed by atoms with Crippen LogP contribution in [0, 0.1) is 5.82 Å². The van der Waals surface area contributed by atoms with Crippen molar-refractivity contribution in [3.8, 4) is 5.75 Å². The molecule has 0 aromatic heterocycles. The normalized spacial score (nSPS) is 10.7. The van der Waals surface area contributed by atoms with E-state index in [-0.39, 0.29) is 42.2 Å². The number of hydrogen-bond acceptors (Lipinski definition) is 3. The van der Waals surface area contributed by atoms with Crippen molar-refractivity contribution in [2.45, 2.75) is 13.5 Å². The summed E-state index contributed by atoms with van der Waals surface area (Å²) in [6.07, 6.45) is 0. The standard InChI is InChI=1S/C16H25FN4O2.HI/c1-6-18-16(19-10-15(22)20(2)3)21(4)11-12-7-8-14(23-5)13(17)9-12;/h7-9H,6,10-11H2,1-5H3,(H,18,19);1H. The Morgan fingerprint density at radius 3 is 2.50 bits per heavy atom. The number of guanidine groups is 1. The lowest BCUT2D eigenvalue weighted by Gasteiger charge is -2.22. The predicted octanol–water partition coefficient (Wildman–Crippen LogP) is 1.94. The third-order valence-corrected chi connectivity index (χ3v) is 3.20.